The molecule has 1 heterocycles. The smallest absolute Gasteiger partial charge is 0.320 e. The molecule has 2 aliphatic carbocycles. The molecule has 7 nitrogen and oxygen atoms in total. The number of carbonyl (C=O) groups excluding carboxylic acids is 3. The Kier molecular flexibility index (Phi) is 3.94. The van der Waals surface area contributed by atoms with E-state index in [4.69, 9.17) is 4.74 Å². The van der Waals surface area contributed by atoms with E-state index in [1.807, 2.05) is 0 Å². The lowest BCUT2D eigenvalue weighted by atomic mass is 9.85. The van der Waals surface area contributed by atoms with E-state index in [1.165, 1.54) is 4.90 Å². The Morgan fingerprint density at radius 3 is 2.23 bits per heavy atom. The average molecular weight is 355 g/mol. The first-order valence-electron chi connectivity index (χ1n) is 8.76. The zero-order valence-corrected chi connectivity index (χ0v) is 14.6. The molecule has 2 N–H and O–H groups in total. The summed E-state index contributed by atoms with van der Waals surface area (Å²) in [5.41, 5.74) is 0.591. The molecule has 1 aromatic carbocycles. The lowest BCUT2D eigenvalue weighted by molar-refractivity contribution is -0.143. The number of nitrogens with zero attached hydrogens (tertiary/aromatic N) is 1. The molecule has 4 rings (SSSR count). The molecule has 2 fully saturated rings. The van der Waals surface area contributed by atoms with Crippen molar-refractivity contribution in [2.75, 3.05) is 12.4 Å². The number of fused-ring (bicyclic) bond motifs is 5. The molecule has 1 saturated carbocycles. The summed E-state index contributed by atoms with van der Waals surface area (Å²) in [6.07, 6.45) is 4.29. The molecular weight excluding hydrogens is 334 g/mol. The van der Waals surface area contributed by atoms with Crippen LogP contribution in [-0.2, 0) is 9.59 Å². The zero-order valence-electron chi connectivity index (χ0n) is 14.6. The second kappa shape index (κ2) is 6.16. The highest BCUT2D eigenvalue weighted by Crippen LogP contribution is 2.52. The number of nitrogens with one attached hydrogen (secondary N) is 2. The summed E-state index contributed by atoms with van der Waals surface area (Å²) in [5.74, 6) is 0.145. The lowest BCUT2D eigenvalue weighted by Gasteiger charge is -2.25. The average Bonchev–Trinajstić information content (AvgIpc) is 3.29. The van der Waals surface area contributed by atoms with Crippen molar-refractivity contribution in [2.45, 2.75) is 19.5 Å². The van der Waals surface area contributed by atoms with E-state index in [0.717, 1.165) is 6.42 Å². The molecular formula is C19H21N3O4. The highest BCUT2D eigenvalue weighted by Gasteiger charge is 2.60. The second-order valence-electron chi connectivity index (χ2n) is 7.05. The number of imide groups is 1. The van der Waals surface area contributed by atoms with Gasteiger partial charge in [-0.1, -0.05) is 12.2 Å². The summed E-state index contributed by atoms with van der Waals surface area (Å²) in [7, 11) is 1.57. The molecule has 3 aliphatic rings. The van der Waals surface area contributed by atoms with E-state index >= 15 is 0 Å². The molecule has 0 radical (unpaired) electrons. The molecule has 26 heavy (non-hydrogen) atoms. The summed E-state index contributed by atoms with van der Waals surface area (Å²) in [5, 5.41) is 5.37. The number of hydrogen-bond acceptors (Lipinski definition) is 4. The fourth-order valence-electron chi connectivity index (χ4n) is 4.40. The van der Waals surface area contributed by atoms with Crippen molar-refractivity contribution in [1.82, 2.24) is 10.2 Å². The Morgan fingerprint density at radius 1 is 1.12 bits per heavy atom. The molecule has 2 bridgehead atoms. The SMILES string of the molecule is COc1ccc(NC(=O)NC(C)N2C(=O)C3C4C=CC(C4)C3C2=O)cc1. The number of likely N-dealkylation sites (tertiary alicyclic amines) is 1. The minimum Gasteiger partial charge on any atom is -0.497 e. The third-order valence-corrected chi connectivity index (χ3v) is 5.58. The molecule has 0 aromatic heterocycles. The van der Waals surface area contributed by atoms with Gasteiger partial charge in [0, 0.05) is 5.69 Å². The van der Waals surface area contributed by atoms with Gasteiger partial charge in [0.15, 0.2) is 0 Å². The first-order chi connectivity index (χ1) is 12.5. The number of ether oxygens (including phenoxy) is 1. The molecule has 5 unspecified atom stereocenters. The van der Waals surface area contributed by atoms with E-state index < -0.39 is 12.2 Å². The van der Waals surface area contributed by atoms with Crippen LogP contribution in [0.5, 0.6) is 5.75 Å². The van der Waals surface area contributed by atoms with Gasteiger partial charge in [-0.05, 0) is 49.4 Å². The van der Waals surface area contributed by atoms with E-state index in [0.29, 0.717) is 11.4 Å². The summed E-state index contributed by atoms with van der Waals surface area (Å²) in [6.45, 7) is 1.65. The van der Waals surface area contributed by atoms with Crippen LogP contribution in [0.25, 0.3) is 0 Å². The highest BCUT2D eigenvalue weighted by molar-refractivity contribution is 6.07. The first-order valence-corrected chi connectivity index (χ1v) is 8.76. The molecule has 4 amide bonds. The number of allylic oxidation sites excluding steroid dienone is 2. The van der Waals surface area contributed by atoms with Gasteiger partial charge >= 0.3 is 6.03 Å². The van der Waals surface area contributed by atoms with Crippen molar-refractivity contribution < 1.29 is 19.1 Å². The molecule has 7 heteroatoms. The normalized spacial score (nSPS) is 29.7. The predicted molar refractivity (Wildman–Crippen MR) is 94.2 cm³/mol. The number of benzene rings is 1. The van der Waals surface area contributed by atoms with Crippen LogP contribution < -0.4 is 15.4 Å². The van der Waals surface area contributed by atoms with Crippen molar-refractivity contribution in [3.05, 3.63) is 36.4 Å². The Hall–Kier alpha value is -2.83. The van der Waals surface area contributed by atoms with Gasteiger partial charge in [0.25, 0.3) is 0 Å². The van der Waals surface area contributed by atoms with E-state index in [2.05, 4.69) is 22.8 Å². The number of carbonyl (C=O) groups is 3. The summed E-state index contributed by atoms with van der Waals surface area (Å²) >= 11 is 0. The van der Waals surface area contributed by atoms with Crippen molar-refractivity contribution in [1.29, 1.82) is 0 Å². The van der Waals surface area contributed by atoms with Crippen LogP contribution in [0.1, 0.15) is 13.3 Å². The monoisotopic (exact) mass is 355 g/mol. The van der Waals surface area contributed by atoms with Gasteiger partial charge in [-0.15, -0.1) is 0 Å². The molecule has 1 aliphatic heterocycles. The van der Waals surface area contributed by atoms with Gasteiger partial charge in [0.05, 0.1) is 18.9 Å². The van der Waals surface area contributed by atoms with Gasteiger partial charge in [-0.2, -0.15) is 0 Å². The van der Waals surface area contributed by atoms with Crippen molar-refractivity contribution >= 4 is 23.5 Å². The van der Waals surface area contributed by atoms with Crippen LogP contribution in [0.15, 0.2) is 36.4 Å². The first kappa shape index (κ1) is 16.6. The predicted octanol–water partition coefficient (Wildman–Crippen LogP) is 1.97. The van der Waals surface area contributed by atoms with Crippen LogP contribution in [0.4, 0.5) is 10.5 Å². The maximum Gasteiger partial charge on any atom is 0.320 e. The summed E-state index contributed by atoms with van der Waals surface area (Å²) in [6, 6.07) is 6.42. The van der Waals surface area contributed by atoms with Crippen molar-refractivity contribution in [3.63, 3.8) is 0 Å². The molecule has 1 saturated heterocycles. The standard InChI is InChI=1S/C19H21N3O4/c1-10(20-19(25)21-13-5-7-14(26-2)8-6-13)22-17(23)15-11-3-4-12(9-11)16(15)18(22)24/h3-8,10-12,15-16H,9H2,1-2H3,(H2,20,21,25). The van der Waals surface area contributed by atoms with Gasteiger partial charge in [-0.25, -0.2) is 4.79 Å². The number of hydrogen-bond donors (Lipinski definition) is 2. The molecule has 5 atom stereocenters. The maximum atomic E-state index is 12.7. The fraction of sp³-hybridized carbons (Fsp3) is 0.421. The quantitative estimate of drug-likeness (QED) is 0.638. The lowest BCUT2D eigenvalue weighted by Crippen LogP contribution is -2.51. The number of amides is 4. The second-order valence-corrected chi connectivity index (χ2v) is 7.05. The summed E-state index contributed by atoms with van der Waals surface area (Å²) < 4.78 is 5.07. The third-order valence-electron chi connectivity index (χ3n) is 5.58. The molecule has 136 valence electrons. The van der Waals surface area contributed by atoms with Crippen molar-refractivity contribution in [3.8, 4) is 5.75 Å². The van der Waals surface area contributed by atoms with Gasteiger partial charge < -0.3 is 15.4 Å². The fourth-order valence-corrected chi connectivity index (χ4v) is 4.40. The largest absolute Gasteiger partial charge is 0.497 e. The van der Waals surface area contributed by atoms with E-state index in [-0.39, 0.29) is 35.5 Å². The highest BCUT2D eigenvalue weighted by atomic mass is 16.5. The van der Waals surface area contributed by atoms with Gasteiger partial charge in [0.2, 0.25) is 11.8 Å². The number of urea groups is 1. The minimum atomic E-state index is -0.696. The Balaban J connectivity index is 1.40. The van der Waals surface area contributed by atoms with Crippen LogP contribution in [0.3, 0.4) is 0 Å². The summed E-state index contributed by atoms with van der Waals surface area (Å²) in [4.78, 5) is 38.9. The maximum absolute atomic E-state index is 12.7. The van der Waals surface area contributed by atoms with Crippen molar-refractivity contribution in [2.24, 2.45) is 23.7 Å². The van der Waals surface area contributed by atoms with Crippen LogP contribution in [0.2, 0.25) is 0 Å². The van der Waals surface area contributed by atoms with Gasteiger partial charge in [-0.3, -0.25) is 14.5 Å². The van der Waals surface area contributed by atoms with Crippen LogP contribution in [0, 0.1) is 23.7 Å². The number of anilines is 1. The minimum absolute atomic E-state index is 0.159. The zero-order chi connectivity index (χ0) is 18.4. The Bertz CT molecular complexity index is 758. The number of rotatable bonds is 4. The van der Waals surface area contributed by atoms with E-state index in [1.54, 1.807) is 38.3 Å². The molecule has 1 aromatic rings. The van der Waals surface area contributed by atoms with Gasteiger partial charge in [0.1, 0.15) is 11.9 Å². The van der Waals surface area contributed by atoms with Crippen LogP contribution >= 0.6 is 0 Å². The third kappa shape index (κ3) is 2.55. The molecule has 0 spiro atoms. The Morgan fingerprint density at radius 2 is 1.69 bits per heavy atom. The topological polar surface area (TPSA) is 87.7 Å². The Labute approximate surface area is 151 Å². The number of methoxy groups -OCH3 is 1. The van der Waals surface area contributed by atoms with Crippen LogP contribution in [-0.4, -0.2) is 36.0 Å². The van der Waals surface area contributed by atoms with E-state index in [9.17, 15) is 14.4 Å².